The second-order valence-electron chi connectivity index (χ2n) is 5.32. The maximum Gasteiger partial charge on any atom is 0.326 e. The van der Waals surface area contributed by atoms with Crippen molar-refractivity contribution in [1.82, 2.24) is 5.32 Å². The van der Waals surface area contributed by atoms with Crippen LogP contribution < -0.4 is 16.4 Å². The number of amides is 2. The number of carbonyl (C=O) groups excluding carboxylic acids is 2. The van der Waals surface area contributed by atoms with E-state index in [2.05, 4.69) is 10.6 Å². The molecule has 5 N–H and O–H groups in total. The van der Waals surface area contributed by atoms with Gasteiger partial charge in [0.2, 0.25) is 5.91 Å². The van der Waals surface area contributed by atoms with Gasteiger partial charge in [-0.25, -0.2) is 4.79 Å². The second-order valence-corrected chi connectivity index (χ2v) is 5.32. The highest BCUT2D eigenvalue weighted by molar-refractivity contribution is 6.05. The number of carboxylic acids is 1. The summed E-state index contributed by atoms with van der Waals surface area (Å²) in [6.07, 6.45) is 2.71. The maximum absolute atomic E-state index is 12.3. The van der Waals surface area contributed by atoms with E-state index >= 15 is 0 Å². The van der Waals surface area contributed by atoms with Crippen LogP contribution in [0.25, 0.3) is 0 Å². The van der Waals surface area contributed by atoms with Crippen LogP contribution >= 0.6 is 0 Å². The predicted octanol–water partition coefficient (Wildman–Crippen LogP) is 1.35. The molecule has 1 aromatic carbocycles. The topological polar surface area (TPSA) is 122 Å². The summed E-state index contributed by atoms with van der Waals surface area (Å²) in [5, 5.41) is 14.4. The van der Waals surface area contributed by atoms with Gasteiger partial charge in [-0.15, -0.1) is 0 Å². The van der Waals surface area contributed by atoms with Crippen LogP contribution in [0.15, 0.2) is 18.2 Å². The molecule has 1 aliphatic heterocycles. The van der Waals surface area contributed by atoms with E-state index in [-0.39, 0.29) is 11.5 Å². The van der Waals surface area contributed by atoms with Crippen molar-refractivity contribution in [3.63, 3.8) is 0 Å². The van der Waals surface area contributed by atoms with E-state index in [1.807, 2.05) is 0 Å². The number of nitrogen functional groups attached to an aromatic ring is 1. The summed E-state index contributed by atoms with van der Waals surface area (Å²) in [4.78, 5) is 35.4. The summed E-state index contributed by atoms with van der Waals surface area (Å²) in [7, 11) is 0. The van der Waals surface area contributed by atoms with E-state index in [1.54, 1.807) is 0 Å². The van der Waals surface area contributed by atoms with Gasteiger partial charge in [0.15, 0.2) is 0 Å². The molecule has 22 heavy (non-hydrogen) atoms. The molecule has 2 amide bonds. The molecule has 1 unspecified atom stereocenters. The molecule has 1 heterocycles. The van der Waals surface area contributed by atoms with Crippen molar-refractivity contribution in [2.24, 2.45) is 0 Å². The molecule has 0 fully saturated rings. The van der Waals surface area contributed by atoms with Gasteiger partial charge in [0.25, 0.3) is 5.91 Å². The smallest absolute Gasteiger partial charge is 0.326 e. The first-order valence-electron chi connectivity index (χ1n) is 7.20. The van der Waals surface area contributed by atoms with E-state index in [0.29, 0.717) is 37.1 Å². The molecule has 7 nitrogen and oxygen atoms in total. The van der Waals surface area contributed by atoms with Gasteiger partial charge in [-0.05, 0) is 31.0 Å². The van der Waals surface area contributed by atoms with Crippen LogP contribution in [0.5, 0.6) is 0 Å². The van der Waals surface area contributed by atoms with E-state index < -0.39 is 17.9 Å². The summed E-state index contributed by atoms with van der Waals surface area (Å²) in [5.74, 6) is -1.79. The molecule has 1 aromatic rings. The highest BCUT2D eigenvalue weighted by atomic mass is 16.4. The Balaban J connectivity index is 2.33. The summed E-state index contributed by atoms with van der Waals surface area (Å²) in [5.41, 5.74) is 6.60. The fourth-order valence-electron chi connectivity index (χ4n) is 2.38. The third-order valence-corrected chi connectivity index (χ3v) is 3.56. The van der Waals surface area contributed by atoms with Gasteiger partial charge in [-0.1, -0.05) is 12.8 Å². The van der Waals surface area contributed by atoms with Gasteiger partial charge in [0.05, 0.1) is 11.3 Å². The van der Waals surface area contributed by atoms with Crippen LogP contribution in [0.1, 0.15) is 42.5 Å². The standard InChI is InChI=1S/C15H19N3O4/c16-9-6-7-10-12(8-9)17-13(19)5-3-1-2-4-11(15(21)22)18-14(10)20/h6-8,11H,1-5,16H2,(H,17,19)(H,18,20)(H,21,22). The van der Waals surface area contributed by atoms with Crippen molar-refractivity contribution < 1.29 is 19.5 Å². The number of aliphatic carboxylic acids is 1. The van der Waals surface area contributed by atoms with Gasteiger partial charge < -0.3 is 21.5 Å². The number of anilines is 2. The summed E-state index contributed by atoms with van der Waals surface area (Å²) >= 11 is 0. The Bertz CT molecular complexity index is 600. The lowest BCUT2D eigenvalue weighted by atomic mass is 10.0. The monoisotopic (exact) mass is 305 g/mol. The zero-order valence-corrected chi connectivity index (χ0v) is 12.1. The van der Waals surface area contributed by atoms with Crippen molar-refractivity contribution in [2.75, 3.05) is 11.1 Å². The number of nitrogens with two attached hydrogens (primary N) is 1. The van der Waals surface area contributed by atoms with Crippen LogP contribution in [0.4, 0.5) is 11.4 Å². The zero-order chi connectivity index (χ0) is 16.1. The Labute approximate surface area is 127 Å². The quantitative estimate of drug-likeness (QED) is 0.583. The molecule has 0 saturated heterocycles. The molecule has 0 bridgehead atoms. The van der Waals surface area contributed by atoms with Gasteiger partial charge in [0, 0.05) is 12.1 Å². The van der Waals surface area contributed by atoms with Crippen LogP contribution in [-0.2, 0) is 9.59 Å². The number of carboxylic acid groups (broad SMARTS) is 1. The van der Waals surface area contributed by atoms with E-state index in [0.717, 1.165) is 6.42 Å². The maximum atomic E-state index is 12.3. The molecule has 0 aliphatic carbocycles. The summed E-state index contributed by atoms with van der Waals surface area (Å²) in [6.45, 7) is 0. The minimum Gasteiger partial charge on any atom is -0.480 e. The molecule has 0 saturated carbocycles. The first kappa shape index (κ1) is 15.8. The molecule has 118 valence electrons. The van der Waals surface area contributed by atoms with E-state index in [4.69, 9.17) is 5.73 Å². The van der Waals surface area contributed by atoms with Gasteiger partial charge in [-0.3, -0.25) is 9.59 Å². The van der Waals surface area contributed by atoms with Crippen LogP contribution in [0.2, 0.25) is 0 Å². The van der Waals surface area contributed by atoms with Crippen LogP contribution in [0, 0.1) is 0 Å². The molecule has 0 radical (unpaired) electrons. The van der Waals surface area contributed by atoms with Crippen LogP contribution in [0.3, 0.4) is 0 Å². The SMILES string of the molecule is Nc1ccc2c(c1)NC(=O)CCCCCC(C(=O)O)NC2=O. The fourth-order valence-corrected chi connectivity index (χ4v) is 2.38. The third-order valence-electron chi connectivity index (χ3n) is 3.56. The highest BCUT2D eigenvalue weighted by Crippen LogP contribution is 2.21. The minimum atomic E-state index is -1.06. The second kappa shape index (κ2) is 6.93. The minimum absolute atomic E-state index is 0.185. The Morgan fingerprint density at radius 3 is 2.73 bits per heavy atom. The Kier molecular flexibility index (Phi) is 4.98. The molecule has 1 aliphatic rings. The number of rotatable bonds is 1. The molecule has 2 rings (SSSR count). The van der Waals surface area contributed by atoms with Crippen molar-refractivity contribution in [3.05, 3.63) is 23.8 Å². The number of nitrogens with one attached hydrogen (secondary N) is 2. The Hall–Kier alpha value is -2.57. The molecule has 0 spiro atoms. The summed E-state index contributed by atoms with van der Waals surface area (Å²) in [6, 6.07) is 3.57. The third kappa shape index (κ3) is 3.97. The first-order chi connectivity index (χ1) is 10.5. The van der Waals surface area contributed by atoms with E-state index in [9.17, 15) is 19.5 Å². The first-order valence-corrected chi connectivity index (χ1v) is 7.20. The highest BCUT2D eigenvalue weighted by Gasteiger charge is 2.23. The number of carbonyl (C=O) groups is 3. The number of fused-ring (bicyclic) bond motifs is 1. The largest absolute Gasteiger partial charge is 0.480 e. The Morgan fingerprint density at radius 2 is 2.00 bits per heavy atom. The molecule has 1 atom stereocenters. The lowest BCUT2D eigenvalue weighted by molar-refractivity contribution is -0.139. The fraction of sp³-hybridized carbons (Fsp3) is 0.400. The van der Waals surface area contributed by atoms with Gasteiger partial charge in [0.1, 0.15) is 6.04 Å². The van der Waals surface area contributed by atoms with Gasteiger partial charge in [-0.2, -0.15) is 0 Å². The molecule has 7 heteroatoms. The number of benzene rings is 1. The van der Waals surface area contributed by atoms with E-state index in [1.165, 1.54) is 18.2 Å². The number of hydrogen-bond donors (Lipinski definition) is 4. The normalized spacial score (nSPS) is 19.9. The number of hydrogen-bond acceptors (Lipinski definition) is 4. The predicted molar refractivity (Wildman–Crippen MR) is 81.5 cm³/mol. The summed E-state index contributed by atoms with van der Waals surface area (Å²) < 4.78 is 0. The lowest BCUT2D eigenvalue weighted by Gasteiger charge is -2.18. The molecular weight excluding hydrogens is 286 g/mol. The average Bonchev–Trinajstić information content (AvgIpc) is 2.44. The van der Waals surface area contributed by atoms with Crippen LogP contribution in [-0.4, -0.2) is 28.9 Å². The average molecular weight is 305 g/mol. The van der Waals surface area contributed by atoms with Crippen molar-refractivity contribution in [2.45, 2.75) is 38.1 Å². The van der Waals surface area contributed by atoms with Crippen molar-refractivity contribution in [3.8, 4) is 0 Å². The van der Waals surface area contributed by atoms with Crippen molar-refractivity contribution in [1.29, 1.82) is 0 Å². The lowest BCUT2D eigenvalue weighted by Crippen LogP contribution is -2.41. The molecule has 0 aromatic heterocycles. The van der Waals surface area contributed by atoms with Gasteiger partial charge >= 0.3 is 5.97 Å². The zero-order valence-electron chi connectivity index (χ0n) is 12.1. The molecular formula is C15H19N3O4. The Morgan fingerprint density at radius 1 is 1.23 bits per heavy atom. The van der Waals surface area contributed by atoms with Crippen molar-refractivity contribution >= 4 is 29.2 Å².